The van der Waals surface area contributed by atoms with Crippen LogP contribution in [0.2, 0.25) is 0 Å². The van der Waals surface area contributed by atoms with E-state index in [-0.39, 0.29) is 51.8 Å². The molecule has 6 aromatic rings. The molecule has 4 atom stereocenters. The lowest BCUT2D eigenvalue weighted by molar-refractivity contribution is -0.280. The number of rotatable bonds is 18. The summed E-state index contributed by atoms with van der Waals surface area (Å²) in [6, 6.07) is 30.9. The first-order chi connectivity index (χ1) is 30.8. The van der Waals surface area contributed by atoms with Gasteiger partial charge in [-0.25, -0.2) is 41.4 Å². The Morgan fingerprint density at radius 3 is 2.30 bits per heavy atom. The molecule has 4 heterocycles. The fraction of sp³-hybridized carbons (Fsp3) is 0.289. The Balaban J connectivity index is 1.31. The van der Waals surface area contributed by atoms with Crippen LogP contribution in [0.25, 0.3) is 6.08 Å². The quantitative estimate of drug-likeness (QED) is 0.0524. The molecule has 0 aliphatic carbocycles. The van der Waals surface area contributed by atoms with E-state index in [2.05, 4.69) is 23.5 Å². The Morgan fingerprint density at radius 2 is 1.64 bits per heavy atom. The zero-order valence-corrected chi connectivity index (χ0v) is 37.3. The van der Waals surface area contributed by atoms with Crippen molar-refractivity contribution in [1.29, 1.82) is 0 Å². The van der Waals surface area contributed by atoms with E-state index in [4.69, 9.17) is 29.9 Å². The lowest BCUT2D eigenvalue weighted by Crippen LogP contribution is -2.62. The topological polar surface area (TPSA) is 207 Å². The number of hydrogen-bond donors (Lipinski definition) is 3. The van der Waals surface area contributed by atoms with Crippen LogP contribution >= 0.6 is 0 Å². The smallest absolute Gasteiger partial charge is 0.277 e. The number of sulfonamides is 1. The Labute approximate surface area is 371 Å². The zero-order chi connectivity index (χ0) is 45.2. The number of anilines is 2. The molecule has 334 valence electrons. The summed E-state index contributed by atoms with van der Waals surface area (Å²) in [5.41, 5.74) is 1.15. The molecule has 2 aliphatic heterocycles. The number of fused-ring (bicyclic) bond motifs is 2. The van der Waals surface area contributed by atoms with Gasteiger partial charge in [-0.2, -0.15) is 5.10 Å². The number of benzene rings is 4. The lowest BCUT2D eigenvalue weighted by atomic mass is 10.0. The molecule has 4 unspecified atom stereocenters. The second-order valence-corrected chi connectivity index (χ2v) is 19.2. The molecule has 64 heavy (non-hydrogen) atoms. The minimum Gasteiger partial charge on any atom is -0.473 e. The van der Waals surface area contributed by atoms with Crippen molar-refractivity contribution in [2.75, 3.05) is 36.0 Å². The molecule has 0 saturated carbocycles. The van der Waals surface area contributed by atoms with Gasteiger partial charge in [0.2, 0.25) is 25.7 Å². The summed E-state index contributed by atoms with van der Waals surface area (Å²) in [5.74, 6) is -0.451. The summed E-state index contributed by atoms with van der Waals surface area (Å²) < 4.78 is 65.6. The van der Waals surface area contributed by atoms with Crippen LogP contribution in [0.4, 0.5) is 11.4 Å². The van der Waals surface area contributed by atoms with Crippen LogP contribution in [0.5, 0.6) is 0 Å². The van der Waals surface area contributed by atoms with Crippen LogP contribution in [0.1, 0.15) is 67.6 Å². The zero-order valence-electron chi connectivity index (χ0n) is 35.6. The maximum Gasteiger partial charge on any atom is 0.277 e. The summed E-state index contributed by atoms with van der Waals surface area (Å²) in [6.07, 6.45) is 1.69. The average molecular weight is 908 g/mol. The number of nitrogens with zero attached hydrogens (tertiary/aromatic N) is 8. The van der Waals surface area contributed by atoms with Crippen molar-refractivity contribution < 1.29 is 36.8 Å². The van der Waals surface area contributed by atoms with Crippen molar-refractivity contribution >= 4 is 43.2 Å². The largest absolute Gasteiger partial charge is 0.473 e. The Bertz CT molecular complexity index is 2890. The molecule has 0 radical (unpaired) electrons. The number of hydrogen-bond acceptors (Lipinski definition) is 14. The first-order valence-electron chi connectivity index (χ1n) is 20.8. The Hall–Kier alpha value is -6.22. The van der Waals surface area contributed by atoms with Gasteiger partial charge in [-0.3, -0.25) is 0 Å². The third-order valence-electron chi connectivity index (χ3n) is 11.4. The third kappa shape index (κ3) is 8.10. The molecule has 0 bridgehead atoms. The SMILES string of the molecule is CCN(CC)c1ccc(N(C(CC2=Cc3ccccc3S2(=O)=O)OO)C2(n3cccn3)C(OCC(O)c3ccccc3)=Nn3nc(C(C)CNS(=O)(=O)c4ccccc4)nc32)c(C)c1. The number of ether oxygens (including phenoxy) is 1. The van der Waals surface area contributed by atoms with Gasteiger partial charge < -0.3 is 19.6 Å². The van der Waals surface area contributed by atoms with E-state index in [1.54, 1.807) is 90.8 Å². The molecule has 0 saturated heterocycles. The number of nitrogens with one attached hydrogen (secondary N) is 1. The highest BCUT2D eigenvalue weighted by Crippen LogP contribution is 2.45. The van der Waals surface area contributed by atoms with Crippen molar-refractivity contribution in [2.45, 2.75) is 67.8 Å². The summed E-state index contributed by atoms with van der Waals surface area (Å²) in [5, 5.41) is 37.0. The van der Waals surface area contributed by atoms with Gasteiger partial charge in [0, 0.05) is 55.7 Å². The molecule has 0 spiro atoms. The molecule has 3 N–H and O–H groups in total. The molecular formula is C45H49N9O8S2. The normalized spacial score (nSPS) is 17.8. The highest BCUT2D eigenvalue weighted by atomic mass is 32.2. The molecule has 17 nitrogen and oxygen atoms in total. The van der Waals surface area contributed by atoms with Gasteiger partial charge >= 0.3 is 0 Å². The number of sulfone groups is 1. The third-order valence-corrected chi connectivity index (χ3v) is 14.8. The van der Waals surface area contributed by atoms with Crippen LogP contribution in [0.3, 0.4) is 0 Å². The van der Waals surface area contributed by atoms with Crippen molar-refractivity contribution in [1.82, 2.24) is 29.4 Å². The van der Waals surface area contributed by atoms with Gasteiger partial charge in [0.1, 0.15) is 12.7 Å². The van der Waals surface area contributed by atoms with Gasteiger partial charge in [0.25, 0.3) is 11.6 Å². The summed E-state index contributed by atoms with van der Waals surface area (Å²) in [7, 11) is -7.94. The summed E-state index contributed by atoms with van der Waals surface area (Å²) >= 11 is 0. The predicted octanol–water partition coefficient (Wildman–Crippen LogP) is 5.88. The van der Waals surface area contributed by atoms with Crippen LogP contribution in [0.15, 0.2) is 141 Å². The van der Waals surface area contributed by atoms with E-state index in [0.717, 1.165) is 18.8 Å². The van der Waals surface area contributed by atoms with Gasteiger partial charge in [-0.15, -0.1) is 15.0 Å². The molecule has 2 aliphatic rings. The fourth-order valence-corrected chi connectivity index (χ4v) is 10.9. The van der Waals surface area contributed by atoms with Crippen molar-refractivity contribution in [3.05, 3.63) is 155 Å². The highest BCUT2D eigenvalue weighted by molar-refractivity contribution is 7.95. The minimum absolute atomic E-state index is 0.0239. The molecular weight excluding hydrogens is 859 g/mol. The van der Waals surface area contributed by atoms with Crippen LogP contribution in [-0.2, 0) is 35.1 Å². The molecule has 4 aromatic carbocycles. The number of aromatic nitrogens is 5. The molecule has 8 rings (SSSR count). The molecule has 2 aromatic heterocycles. The second-order valence-electron chi connectivity index (χ2n) is 15.4. The standard InChI is InChI=1S/C45H49N9O8S2/c1-5-51(6-2)35-22-23-38(31(3)26-35)53(41(62-56)28-37-27-34-18-13-14-21-40(34)63(37,57)58)45(52-25-15-24-46-52)43-48-42(32(4)29-47-64(59,60)36-19-11-8-12-20-36)49-54(43)50-44(45)61-30-39(55)33-16-9-7-10-17-33/h7-27,32,39,41,47,55-56H,5-6,28-30H2,1-4H3. The van der Waals surface area contributed by atoms with E-state index in [9.17, 15) is 27.2 Å². The Kier molecular flexibility index (Phi) is 12.6. The lowest BCUT2D eigenvalue weighted by Gasteiger charge is -2.45. The van der Waals surface area contributed by atoms with E-state index >= 15 is 0 Å². The molecule has 0 fully saturated rings. The predicted molar refractivity (Wildman–Crippen MR) is 240 cm³/mol. The van der Waals surface area contributed by atoms with E-state index in [1.807, 2.05) is 31.2 Å². The van der Waals surface area contributed by atoms with Crippen molar-refractivity contribution in [3.8, 4) is 0 Å². The first-order valence-corrected chi connectivity index (χ1v) is 23.8. The van der Waals surface area contributed by atoms with Crippen molar-refractivity contribution in [2.24, 2.45) is 5.10 Å². The number of aliphatic hydroxyl groups is 1. The molecule has 19 heteroatoms. The minimum atomic E-state index is -4.04. The molecule has 0 amide bonds. The van der Waals surface area contributed by atoms with Gasteiger partial charge in [0.05, 0.1) is 14.7 Å². The van der Waals surface area contributed by atoms with Crippen LogP contribution in [0, 0.1) is 6.92 Å². The van der Waals surface area contributed by atoms with E-state index in [1.165, 1.54) is 33.9 Å². The van der Waals surface area contributed by atoms with Gasteiger partial charge in [0.15, 0.2) is 12.1 Å². The monoisotopic (exact) mass is 907 g/mol. The Morgan fingerprint density at radius 1 is 0.938 bits per heavy atom. The second kappa shape index (κ2) is 18.1. The first kappa shape index (κ1) is 44.4. The van der Waals surface area contributed by atoms with E-state index in [0.29, 0.717) is 22.4 Å². The summed E-state index contributed by atoms with van der Waals surface area (Å²) in [6.45, 7) is 8.80. The van der Waals surface area contributed by atoms with Crippen LogP contribution in [-0.4, -0.2) is 90.2 Å². The van der Waals surface area contributed by atoms with Gasteiger partial charge in [-0.05, 0) is 86.0 Å². The summed E-state index contributed by atoms with van der Waals surface area (Å²) in [4.78, 5) is 15.7. The fourth-order valence-electron chi connectivity index (χ4n) is 8.10. The van der Waals surface area contributed by atoms with Crippen molar-refractivity contribution in [3.63, 3.8) is 0 Å². The average Bonchev–Trinajstić information content (AvgIpc) is 4.10. The van der Waals surface area contributed by atoms with Crippen LogP contribution < -0.4 is 14.5 Å². The number of aliphatic hydroxyl groups excluding tert-OH is 1. The highest BCUT2D eigenvalue weighted by Gasteiger charge is 2.60. The maximum atomic E-state index is 14.2. The number of aryl methyl sites for hydroxylation is 1. The maximum absolute atomic E-state index is 14.2. The van der Waals surface area contributed by atoms with Gasteiger partial charge in [-0.1, -0.05) is 73.7 Å². The van der Waals surface area contributed by atoms with E-state index < -0.39 is 43.8 Å².